The Bertz CT molecular complexity index is 393. The lowest BCUT2D eigenvalue weighted by Gasteiger charge is -1.93. The van der Waals surface area contributed by atoms with Crippen LogP contribution < -0.4 is 5.32 Å². The number of aliphatic imine (C=N–C) groups is 1. The molecular weight excluding hydrogens is 176 g/mol. The Labute approximate surface area is 82.2 Å². The molecule has 3 nitrogen and oxygen atoms in total. The van der Waals surface area contributed by atoms with Gasteiger partial charge in [0.1, 0.15) is 12.4 Å². The Morgan fingerprint density at radius 3 is 2.64 bits per heavy atom. The maximum Gasteiger partial charge on any atom is 0.247 e. The summed E-state index contributed by atoms with van der Waals surface area (Å²) in [4.78, 5) is 14.8. The van der Waals surface area contributed by atoms with Crippen molar-refractivity contribution in [3.8, 4) is 0 Å². The summed E-state index contributed by atoms with van der Waals surface area (Å²) in [6.07, 6.45) is 3.73. The molecule has 3 heteroatoms. The summed E-state index contributed by atoms with van der Waals surface area (Å²) in [5.41, 5.74) is 1.09. The Morgan fingerprint density at radius 2 is 2.00 bits per heavy atom. The molecule has 0 radical (unpaired) electrons. The molecule has 0 aromatic heterocycles. The van der Waals surface area contributed by atoms with Crippen molar-refractivity contribution in [2.45, 2.75) is 0 Å². The van der Waals surface area contributed by atoms with E-state index in [0.717, 1.165) is 5.56 Å². The Kier molecular flexibility index (Phi) is 2.40. The van der Waals surface area contributed by atoms with E-state index in [1.165, 1.54) is 0 Å². The normalized spacial score (nSPS) is 15.7. The highest BCUT2D eigenvalue weighted by atomic mass is 16.2. The van der Waals surface area contributed by atoms with Crippen LogP contribution in [0.5, 0.6) is 0 Å². The molecule has 0 saturated heterocycles. The zero-order valence-corrected chi connectivity index (χ0v) is 7.60. The second kappa shape index (κ2) is 3.87. The Balaban J connectivity index is 2.05. The maximum atomic E-state index is 10.8. The number of amides is 1. The third-order valence-corrected chi connectivity index (χ3v) is 1.89. The van der Waals surface area contributed by atoms with E-state index in [2.05, 4.69) is 10.3 Å². The molecule has 0 atom stereocenters. The van der Waals surface area contributed by atoms with E-state index in [1.54, 1.807) is 6.08 Å². The van der Waals surface area contributed by atoms with Crippen LogP contribution in [0, 0.1) is 0 Å². The number of nitrogens with zero attached hydrogens (tertiary/aromatic N) is 1. The molecule has 1 aromatic carbocycles. The van der Waals surface area contributed by atoms with Crippen LogP contribution in [0.1, 0.15) is 5.56 Å². The van der Waals surface area contributed by atoms with Crippen molar-refractivity contribution in [1.82, 2.24) is 5.32 Å². The number of hydrogen-bond acceptors (Lipinski definition) is 2. The van der Waals surface area contributed by atoms with Crippen LogP contribution >= 0.6 is 0 Å². The van der Waals surface area contributed by atoms with Crippen molar-refractivity contribution in [2.24, 2.45) is 4.99 Å². The predicted octanol–water partition coefficient (Wildman–Crippen LogP) is 1.23. The van der Waals surface area contributed by atoms with Crippen molar-refractivity contribution in [3.63, 3.8) is 0 Å². The molecule has 0 saturated carbocycles. The van der Waals surface area contributed by atoms with Crippen molar-refractivity contribution >= 4 is 17.8 Å². The number of carbonyl (C=O) groups is 1. The zero-order chi connectivity index (χ0) is 9.80. The van der Waals surface area contributed by atoms with Gasteiger partial charge in [-0.1, -0.05) is 36.4 Å². The number of benzene rings is 1. The summed E-state index contributed by atoms with van der Waals surface area (Å²) in [5, 5.41) is 2.65. The number of rotatable bonds is 2. The van der Waals surface area contributed by atoms with Crippen LogP contribution in [0.2, 0.25) is 0 Å². The maximum absolute atomic E-state index is 10.8. The minimum absolute atomic E-state index is 0.0438. The van der Waals surface area contributed by atoms with Crippen molar-refractivity contribution < 1.29 is 4.79 Å². The summed E-state index contributed by atoms with van der Waals surface area (Å²) in [6.45, 7) is 0.245. The van der Waals surface area contributed by atoms with E-state index in [1.807, 2.05) is 36.4 Å². The standard InChI is InChI=1S/C11H10N2O/c14-11-8-12-10(13-11)7-6-9-4-2-1-3-5-9/h1-7H,8H2,(H,12,13,14)/b7-6+. The molecule has 0 spiro atoms. The average molecular weight is 186 g/mol. The van der Waals surface area contributed by atoms with E-state index in [-0.39, 0.29) is 12.5 Å². The molecule has 0 unspecified atom stereocenters. The van der Waals surface area contributed by atoms with E-state index in [9.17, 15) is 4.79 Å². The van der Waals surface area contributed by atoms with Gasteiger partial charge in [-0.2, -0.15) is 0 Å². The molecule has 14 heavy (non-hydrogen) atoms. The van der Waals surface area contributed by atoms with Gasteiger partial charge < -0.3 is 5.32 Å². The van der Waals surface area contributed by atoms with Crippen molar-refractivity contribution in [2.75, 3.05) is 6.54 Å². The summed E-state index contributed by atoms with van der Waals surface area (Å²) in [7, 11) is 0. The van der Waals surface area contributed by atoms with Crippen LogP contribution in [0.25, 0.3) is 6.08 Å². The third-order valence-electron chi connectivity index (χ3n) is 1.89. The lowest BCUT2D eigenvalue weighted by atomic mass is 10.2. The molecule has 2 rings (SSSR count). The molecule has 1 N–H and O–H groups in total. The lowest BCUT2D eigenvalue weighted by molar-refractivity contribution is -0.117. The van der Waals surface area contributed by atoms with Crippen LogP contribution in [-0.2, 0) is 4.79 Å². The number of hydrogen-bond donors (Lipinski definition) is 1. The second-order valence-electron chi connectivity index (χ2n) is 2.99. The lowest BCUT2D eigenvalue weighted by Crippen LogP contribution is -2.22. The van der Waals surface area contributed by atoms with Gasteiger partial charge in [-0.25, -0.2) is 0 Å². The fourth-order valence-corrected chi connectivity index (χ4v) is 1.21. The first kappa shape index (κ1) is 8.69. The molecule has 0 aliphatic carbocycles. The van der Waals surface area contributed by atoms with Crippen molar-refractivity contribution in [3.05, 3.63) is 42.0 Å². The molecule has 1 heterocycles. The molecule has 1 aliphatic heterocycles. The third kappa shape index (κ3) is 2.07. The van der Waals surface area contributed by atoms with Crippen LogP contribution in [0.15, 0.2) is 41.4 Å². The first-order valence-corrected chi connectivity index (χ1v) is 4.42. The molecule has 1 amide bonds. The van der Waals surface area contributed by atoms with Gasteiger partial charge in [-0.05, 0) is 11.6 Å². The highest BCUT2D eigenvalue weighted by molar-refractivity contribution is 6.10. The van der Waals surface area contributed by atoms with Gasteiger partial charge in [0, 0.05) is 0 Å². The Hall–Kier alpha value is -1.90. The van der Waals surface area contributed by atoms with Crippen LogP contribution in [-0.4, -0.2) is 18.3 Å². The zero-order valence-electron chi connectivity index (χ0n) is 7.60. The first-order valence-electron chi connectivity index (χ1n) is 4.42. The van der Waals surface area contributed by atoms with Gasteiger partial charge in [0.05, 0.1) is 0 Å². The minimum Gasteiger partial charge on any atom is -0.309 e. The van der Waals surface area contributed by atoms with Gasteiger partial charge in [0.15, 0.2) is 0 Å². The quantitative estimate of drug-likeness (QED) is 0.741. The number of carbonyl (C=O) groups excluding carboxylic acids is 1. The molecular formula is C11H10N2O. The second-order valence-corrected chi connectivity index (χ2v) is 2.99. The Morgan fingerprint density at radius 1 is 1.21 bits per heavy atom. The molecule has 1 aromatic rings. The topological polar surface area (TPSA) is 41.5 Å². The molecule has 0 fully saturated rings. The number of nitrogens with one attached hydrogen (secondary N) is 1. The first-order chi connectivity index (χ1) is 6.84. The van der Waals surface area contributed by atoms with Crippen LogP contribution in [0.4, 0.5) is 0 Å². The highest BCUT2D eigenvalue weighted by Gasteiger charge is 2.09. The van der Waals surface area contributed by atoms with Gasteiger partial charge in [0.2, 0.25) is 5.91 Å². The molecule has 1 aliphatic rings. The highest BCUT2D eigenvalue weighted by Crippen LogP contribution is 2.01. The fourth-order valence-electron chi connectivity index (χ4n) is 1.21. The van der Waals surface area contributed by atoms with Crippen molar-refractivity contribution in [1.29, 1.82) is 0 Å². The fraction of sp³-hybridized carbons (Fsp3) is 0.0909. The summed E-state index contributed by atoms with van der Waals surface area (Å²) in [6, 6.07) is 9.89. The molecule has 70 valence electrons. The van der Waals surface area contributed by atoms with Crippen LogP contribution in [0.3, 0.4) is 0 Å². The van der Waals surface area contributed by atoms with E-state index in [4.69, 9.17) is 0 Å². The van der Waals surface area contributed by atoms with E-state index < -0.39 is 0 Å². The molecule has 0 bridgehead atoms. The van der Waals surface area contributed by atoms with Gasteiger partial charge >= 0.3 is 0 Å². The van der Waals surface area contributed by atoms with Gasteiger partial charge in [-0.3, -0.25) is 9.79 Å². The summed E-state index contributed by atoms with van der Waals surface area (Å²) < 4.78 is 0. The predicted molar refractivity (Wildman–Crippen MR) is 55.9 cm³/mol. The smallest absolute Gasteiger partial charge is 0.247 e. The SMILES string of the molecule is O=C1CN=C(/C=C/c2ccccc2)N1. The van der Waals surface area contributed by atoms with Gasteiger partial charge in [-0.15, -0.1) is 0 Å². The average Bonchev–Trinajstić information content (AvgIpc) is 2.63. The van der Waals surface area contributed by atoms with Gasteiger partial charge in [0.25, 0.3) is 0 Å². The monoisotopic (exact) mass is 186 g/mol. The van der Waals surface area contributed by atoms with E-state index >= 15 is 0 Å². The summed E-state index contributed by atoms with van der Waals surface area (Å²) in [5.74, 6) is 0.594. The number of amidine groups is 1. The van der Waals surface area contributed by atoms with E-state index in [0.29, 0.717) is 5.84 Å². The summed E-state index contributed by atoms with van der Waals surface area (Å²) >= 11 is 0. The minimum atomic E-state index is -0.0438. The largest absolute Gasteiger partial charge is 0.309 e.